The second-order valence-electron chi connectivity index (χ2n) is 15.2. The van der Waals surface area contributed by atoms with Gasteiger partial charge in [0.1, 0.15) is 0 Å². The fourth-order valence-corrected chi connectivity index (χ4v) is 9.48. The molecule has 0 amide bonds. The predicted octanol–water partition coefficient (Wildman–Crippen LogP) is 13.8. The molecule has 0 bridgehead atoms. The number of nitrogens with zero attached hydrogens (tertiary/aromatic N) is 2. The Bertz CT molecular complexity index is 2980. The van der Waals surface area contributed by atoms with Gasteiger partial charge >= 0.3 is 0 Å². The molecule has 0 unspecified atom stereocenters. The second kappa shape index (κ2) is 11.3. The lowest BCUT2D eigenvalue weighted by molar-refractivity contribution is 0.660. The van der Waals surface area contributed by atoms with Gasteiger partial charge in [-0.2, -0.15) is 0 Å². The number of aryl methyl sites for hydroxylation is 1. The number of para-hydroxylation sites is 1. The summed E-state index contributed by atoms with van der Waals surface area (Å²) in [5, 5.41) is 7.65. The fourth-order valence-electron chi connectivity index (χ4n) is 9.48. The van der Waals surface area contributed by atoms with Crippen LogP contribution in [0.2, 0.25) is 0 Å². The lowest BCUT2D eigenvalue weighted by Crippen LogP contribution is -2.16. The number of anilines is 3. The molecule has 0 radical (unpaired) electrons. The molecule has 252 valence electrons. The van der Waals surface area contributed by atoms with E-state index in [4.69, 9.17) is 0 Å². The van der Waals surface area contributed by atoms with Crippen molar-refractivity contribution in [2.45, 2.75) is 32.1 Å². The number of allylic oxidation sites excluding steroid dienone is 1. The van der Waals surface area contributed by atoms with Crippen molar-refractivity contribution in [3.8, 4) is 16.8 Å². The van der Waals surface area contributed by atoms with Gasteiger partial charge in [0.2, 0.25) is 0 Å². The van der Waals surface area contributed by atoms with Gasteiger partial charge in [-0.25, -0.2) is 0 Å². The van der Waals surface area contributed by atoms with Gasteiger partial charge in [-0.3, -0.25) is 0 Å². The third kappa shape index (κ3) is 4.39. The second-order valence-corrected chi connectivity index (χ2v) is 15.2. The minimum absolute atomic E-state index is 0.0980. The Morgan fingerprint density at radius 1 is 0.528 bits per heavy atom. The van der Waals surface area contributed by atoms with Gasteiger partial charge in [0.25, 0.3) is 0 Å². The van der Waals surface area contributed by atoms with Crippen molar-refractivity contribution in [1.82, 2.24) is 4.57 Å². The first kappa shape index (κ1) is 30.3. The highest BCUT2D eigenvalue weighted by molar-refractivity contribution is 6.32. The molecule has 8 aromatic carbocycles. The Kier molecular flexibility index (Phi) is 6.46. The Morgan fingerprint density at radius 3 is 2.02 bits per heavy atom. The summed E-state index contributed by atoms with van der Waals surface area (Å²) in [4.78, 5) is 2.48. The normalized spacial score (nSPS) is 14.2. The van der Waals surface area contributed by atoms with E-state index in [2.05, 4.69) is 193 Å². The molecule has 2 aliphatic carbocycles. The fraction of sp³-hybridized carbons (Fsp3) is 0.0980. The van der Waals surface area contributed by atoms with Gasteiger partial charge in [-0.15, -0.1) is 0 Å². The third-order valence-corrected chi connectivity index (χ3v) is 12.0. The molecule has 2 nitrogen and oxygen atoms in total. The number of benzene rings is 8. The van der Waals surface area contributed by atoms with Crippen molar-refractivity contribution >= 4 is 66.5 Å². The average molecular weight is 679 g/mol. The lowest BCUT2D eigenvalue weighted by Gasteiger charge is -2.29. The SMILES string of the molecule is CC1(C)c2ccccc2-c2ccc(N(c3ccc4c(c3)C=CCC4)c3ccc4c(c3)c3c5ccccc5c5ccccc5c3n4-c3ccccc3)cc21. The Hall–Kier alpha value is -6.38. The van der Waals surface area contributed by atoms with E-state index in [1.54, 1.807) is 0 Å². The number of hydrogen-bond acceptors (Lipinski definition) is 1. The molecule has 2 aliphatic rings. The van der Waals surface area contributed by atoms with E-state index in [9.17, 15) is 0 Å². The summed E-state index contributed by atoms with van der Waals surface area (Å²) in [6, 6.07) is 58.9. The van der Waals surface area contributed by atoms with E-state index < -0.39 is 0 Å². The van der Waals surface area contributed by atoms with E-state index in [-0.39, 0.29) is 5.41 Å². The zero-order valence-corrected chi connectivity index (χ0v) is 30.0. The Labute approximate surface area is 309 Å². The van der Waals surface area contributed by atoms with Crippen LogP contribution in [0.1, 0.15) is 42.5 Å². The molecule has 1 heterocycles. The van der Waals surface area contributed by atoms with Crippen LogP contribution in [0, 0.1) is 0 Å². The largest absolute Gasteiger partial charge is 0.310 e. The third-order valence-electron chi connectivity index (χ3n) is 12.0. The molecule has 0 spiro atoms. The molecule has 11 rings (SSSR count). The van der Waals surface area contributed by atoms with Gasteiger partial charge in [0, 0.05) is 44.3 Å². The van der Waals surface area contributed by atoms with Crippen LogP contribution in [0.4, 0.5) is 17.1 Å². The van der Waals surface area contributed by atoms with Crippen molar-refractivity contribution in [3.63, 3.8) is 0 Å². The smallest absolute Gasteiger partial charge is 0.0625 e. The first-order valence-corrected chi connectivity index (χ1v) is 18.8. The van der Waals surface area contributed by atoms with Crippen molar-refractivity contribution < 1.29 is 0 Å². The van der Waals surface area contributed by atoms with Gasteiger partial charge in [-0.1, -0.05) is 129 Å². The lowest BCUT2D eigenvalue weighted by atomic mass is 9.82. The molecule has 1 aromatic heterocycles. The minimum atomic E-state index is -0.0980. The summed E-state index contributed by atoms with van der Waals surface area (Å²) >= 11 is 0. The quantitative estimate of drug-likeness (QED) is 0.168. The molecular weight excluding hydrogens is 641 g/mol. The molecular formula is C51H38N2. The summed E-state index contributed by atoms with van der Waals surface area (Å²) in [5.41, 5.74) is 15.2. The van der Waals surface area contributed by atoms with Crippen molar-refractivity contribution in [1.29, 1.82) is 0 Å². The summed E-state index contributed by atoms with van der Waals surface area (Å²) in [6.45, 7) is 4.74. The van der Waals surface area contributed by atoms with Crippen LogP contribution >= 0.6 is 0 Å². The number of rotatable bonds is 4. The molecule has 0 N–H and O–H groups in total. The highest BCUT2D eigenvalue weighted by atomic mass is 15.1. The van der Waals surface area contributed by atoms with Crippen molar-refractivity contribution in [2.24, 2.45) is 0 Å². The van der Waals surface area contributed by atoms with Crippen molar-refractivity contribution in [2.75, 3.05) is 4.90 Å². The van der Waals surface area contributed by atoms with Crippen LogP contribution in [0.25, 0.3) is 66.2 Å². The van der Waals surface area contributed by atoms with Gasteiger partial charge in [-0.05, 0) is 117 Å². The van der Waals surface area contributed by atoms with Crippen LogP contribution in [0.5, 0.6) is 0 Å². The molecule has 53 heavy (non-hydrogen) atoms. The first-order chi connectivity index (χ1) is 26.1. The predicted molar refractivity (Wildman–Crippen MR) is 225 cm³/mol. The van der Waals surface area contributed by atoms with Crippen molar-refractivity contribution in [3.05, 3.63) is 186 Å². The molecule has 0 aliphatic heterocycles. The van der Waals surface area contributed by atoms with Crippen LogP contribution in [-0.4, -0.2) is 4.57 Å². The number of aromatic nitrogens is 1. The summed E-state index contributed by atoms with van der Waals surface area (Å²) in [7, 11) is 0. The van der Waals surface area contributed by atoms with Gasteiger partial charge in [0.15, 0.2) is 0 Å². The van der Waals surface area contributed by atoms with Gasteiger partial charge < -0.3 is 9.47 Å². The number of hydrogen-bond donors (Lipinski definition) is 0. The Balaban J connectivity index is 1.22. The van der Waals surface area contributed by atoms with Crippen LogP contribution < -0.4 is 4.90 Å². The monoisotopic (exact) mass is 678 g/mol. The highest BCUT2D eigenvalue weighted by Gasteiger charge is 2.36. The van der Waals surface area contributed by atoms with Crippen LogP contribution in [-0.2, 0) is 11.8 Å². The minimum Gasteiger partial charge on any atom is -0.310 e. The van der Waals surface area contributed by atoms with E-state index in [1.807, 2.05) is 0 Å². The maximum absolute atomic E-state index is 2.48. The summed E-state index contributed by atoms with van der Waals surface area (Å²) < 4.78 is 2.48. The maximum Gasteiger partial charge on any atom is 0.0625 e. The molecule has 2 heteroatoms. The Morgan fingerprint density at radius 2 is 1.17 bits per heavy atom. The summed E-state index contributed by atoms with van der Waals surface area (Å²) in [6.07, 6.45) is 6.80. The zero-order valence-electron chi connectivity index (χ0n) is 30.0. The zero-order chi connectivity index (χ0) is 35.3. The summed E-state index contributed by atoms with van der Waals surface area (Å²) in [5.74, 6) is 0. The van der Waals surface area contributed by atoms with Crippen LogP contribution in [0.3, 0.4) is 0 Å². The molecule has 0 saturated heterocycles. The van der Waals surface area contributed by atoms with E-state index in [0.717, 1.165) is 18.5 Å². The standard InChI is InChI=1S/C51H38N2/c1-51(2)46-23-13-12-20-41(46)42-28-26-38(32-47(42)51)52(36-25-24-33-14-6-7-15-34(33)30-36)37-27-29-48-45(31-37)49-43-21-10-8-18-39(43)40-19-9-11-22-44(40)50(49)53(48)35-16-4-3-5-17-35/h3-5,7-13,15-32H,6,14H2,1-2H3. The first-order valence-electron chi connectivity index (χ1n) is 18.8. The highest BCUT2D eigenvalue weighted by Crippen LogP contribution is 2.51. The molecule has 0 saturated carbocycles. The average Bonchev–Trinajstić information content (AvgIpc) is 3.67. The topological polar surface area (TPSA) is 8.17 Å². The van der Waals surface area contributed by atoms with Crippen LogP contribution in [0.15, 0.2) is 164 Å². The van der Waals surface area contributed by atoms with E-state index in [1.165, 1.54) is 93.8 Å². The van der Waals surface area contributed by atoms with Gasteiger partial charge in [0.05, 0.1) is 11.0 Å². The maximum atomic E-state index is 2.48. The molecule has 0 fully saturated rings. The molecule has 9 aromatic rings. The number of fused-ring (bicyclic) bond motifs is 12. The van der Waals surface area contributed by atoms with E-state index >= 15 is 0 Å². The molecule has 0 atom stereocenters. The van der Waals surface area contributed by atoms with E-state index in [0.29, 0.717) is 0 Å².